The van der Waals surface area contributed by atoms with Gasteiger partial charge in [-0.3, -0.25) is 4.79 Å². The molecule has 0 spiro atoms. The summed E-state index contributed by atoms with van der Waals surface area (Å²) in [6, 6.07) is 0. The molecule has 0 aliphatic heterocycles. The molecular formula is C9H16O2. The Morgan fingerprint density at radius 2 is 2.18 bits per heavy atom. The number of rotatable bonds is 4. The van der Waals surface area contributed by atoms with Gasteiger partial charge in [0.05, 0.1) is 6.10 Å². The van der Waals surface area contributed by atoms with Crippen LogP contribution in [0.3, 0.4) is 0 Å². The fourth-order valence-corrected chi connectivity index (χ4v) is 1.13. The number of Topliss-reactive ketones (excluding diaryl/α,β-unsaturated/α-hetero) is 1. The van der Waals surface area contributed by atoms with Crippen molar-refractivity contribution in [1.82, 2.24) is 0 Å². The third-order valence-electron chi connectivity index (χ3n) is 2.08. The van der Waals surface area contributed by atoms with Gasteiger partial charge in [-0.2, -0.15) is 0 Å². The van der Waals surface area contributed by atoms with Crippen molar-refractivity contribution in [2.24, 2.45) is 11.8 Å². The van der Waals surface area contributed by atoms with E-state index < -0.39 is 0 Å². The van der Waals surface area contributed by atoms with E-state index in [0.29, 0.717) is 18.4 Å². The van der Waals surface area contributed by atoms with Gasteiger partial charge in [0.1, 0.15) is 6.61 Å². The number of hydrogen-bond donors (Lipinski definition) is 0. The molecule has 2 nitrogen and oxygen atoms in total. The molecule has 0 heterocycles. The van der Waals surface area contributed by atoms with Crippen LogP contribution >= 0.6 is 0 Å². The fourth-order valence-electron chi connectivity index (χ4n) is 1.13. The molecule has 64 valence electrons. The zero-order valence-corrected chi connectivity index (χ0v) is 7.46. The van der Waals surface area contributed by atoms with Gasteiger partial charge in [0.25, 0.3) is 0 Å². The van der Waals surface area contributed by atoms with Crippen molar-refractivity contribution in [3.8, 4) is 0 Å². The second-order valence-corrected chi connectivity index (χ2v) is 3.65. The van der Waals surface area contributed by atoms with E-state index in [4.69, 9.17) is 4.74 Å². The highest BCUT2D eigenvalue weighted by Crippen LogP contribution is 2.38. The van der Waals surface area contributed by atoms with Crippen LogP contribution in [0.1, 0.15) is 27.2 Å². The zero-order chi connectivity index (χ0) is 8.43. The maximum Gasteiger partial charge on any atom is 0.161 e. The number of ketones is 1. The lowest BCUT2D eigenvalue weighted by atomic mass is 10.2. The molecular weight excluding hydrogens is 140 g/mol. The number of carbonyl (C=O) groups is 1. The summed E-state index contributed by atoms with van der Waals surface area (Å²) in [7, 11) is 0. The highest BCUT2D eigenvalue weighted by molar-refractivity contribution is 5.84. The highest BCUT2D eigenvalue weighted by Gasteiger charge is 2.38. The molecule has 0 N–H and O–H groups in total. The standard InChI is InChI=1S/C9H16O2/c1-6(2)11-5-9(10)8-4-7(8)3/h6-8H,4-5H2,1-3H3. The SMILES string of the molecule is CC(C)OCC(=O)C1CC1C. The van der Waals surface area contributed by atoms with Gasteiger partial charge in [0.15, 0.2) is 5.78 Å². The molecule has 0 aromatic rings. The summed E-state index contributed by atoms with van der Waals surface area (Å²) in [6.07, 6.45) is 1.24. The predicted molar refractivity (Wildman–Crippen MR) is 43.4 cm³/mol. The van der Waals surface area contributed by atoms with Crippen LogP contribution in [0, 0.1) is 11.8 Å². The van der Waals surface area contributed by atoms with Crippen molar-refractivity contribution < 1.29 is 9.53 Å². The number of hydrogen-bond acceptors (Lipinski definition) is 2. The summed E-state index contributed by atoms with van der Waals surface area (Å²) in [4.78, 5) is 11.2. The lowest BCUT2D eigenvalue weighted by molar-refractivity contribution is -0.126. The Morgan fingerprint density at radius 1 is 1.64 bits per heavy atom. The molecule has 0 saturated heterocycles. The molecule has 0 radical (unpaired) electrons. The van der Waals surface area contributed by atoms with E-state index in [2.05, 4.69) is 6.92 Å². The van der Waals surface area contributed by atoms with Gasteiger partial charge in [-0.05, 0) is 26.2 Å². The van der Waals surface area contributed by atoms with Gasteiger partial charge in [-0.25, -0.2) is 0 Å². The summed E-state index contributed by atoms with van der Waals surface area (Å²) >= 11 is 0. The Labute approximate surface area is 67.9 Å². The van der Waals surface area contributed by atoms with E-state index in [1.54, 1.807) is 0 Å². The highest BCUT2D eigenvalue weighted by atomic mass is 16.5. The largest absolute Gasteiger partial charge is 0.371 e. The molecule has 2 atom stereocenters. The lowest BCUT2D eigenvalue weighted by Gasteiger charge is -2.05. The Balaban J connectivity index is 2.12. The Morgan fingerprint density at radius 3 is 2.55 bits per heavy atom. The second kappa shape index (κ2) is 3.35. The van der Waals surface area contributed by atoms with Crippen LogP contribution in [-0.2, 0) is 9.53 Å². The van der Waals surface area contributed by atoms with Crippen molar-refractivity contribution in [1.29, 1.82) is 0 Å². The average molecular weight is 156 g/mol. The zero-order valence-electron chi connectivity index (χ0n) is 7.46. The lowest BCUT2D eigenvalue weighted by Crippen LogP contribution is -2.15. The molecule has 1 aliphatic carbocycles. The predicted octanol–water partition coefficient (Wildman–Crippen LogP) is 1.64. The van der Waals surface area contributed by atoms with E-state index in [-0.39, 0.29) is 11.9 Å². The van der Waals surface area contributed by atoms with E-state index >= 15 is 0 Å². The fraction of sp³-hybridized carbons (Fsp3) is 0.889. The molecule has 0 aromatic heterocycles. The molecule has 0 bridgehead atoms. The monoisotopic (exact) mass is 156 g/mol. The van der Waals surface area contributed by atoms with Gasteiger partial charge in [0, 0.05) is 5.92 Å². The molecule has 1 rings (SSSR count). The van der Waals surface area contributed by atoms with Crippen molar-refractivity contribution >= 4 is 5.78 Å². The third-order valence-corrected chi connectivity index (χ3v) is 2.08. The minimum Gasteiger partial charge on any atom is -0.371 e. The van der Waals surface area contributed by atoms with Gasteiger partial charge in [-0.15, -0.1) is 0 Å². The van der Waals surface area contributed by atoms with E-state index in [0.717, 1.165) is 6.42 Å². The van der Waals surface area contributed by atoms with Crippen molar-refractivity contribution in [2.45, 2.75) is 33.3 Å². The van der Waals surface area contributed by atoms with Crippen molar-refractivity contribution in [3.05, 3.63) is 0 Å². The first-order valence-corrected chi connectivity index (χ1v) is 4.25. The van der Waals surface area contributed by atoms with Crippen molar-refractivity contribution in [3.63, 3.8) is 0 Å². The molecule has 1 fully saturated rings. The molecule has 2 unspecified atom stereocenters. The third kappa shape index (κ3) is 2.62. The first-order valence-electron chi connectivity index (χ1n) is 4.25. The van der Waals surface area contributed by atoms with Gasteiger partial charge < -0.3 is 4.74 Å². The van der Waals surface area contributed by atoms with Crippen LogP contribution < -0.4 is 0 Å². The smallest absolute Gasteiger partial charge is 0.161 e. The Hall–Kier alpha value is -0.370. The quantitative estimate of drug-likeness (QED) is 0.618. The second-order valence-electron chi connectivity index (χ2n) is 3.65. The normalized spacial score (nSPS) is 29.1. The van der Waals surface area contributed by atoms with Crippen molar-refractivity contribution in [2.75, 3.05) is 6.61 Å². The molecule has 1 aliphatic rings. The number of ether oxygens (including phenoxy) is 1. The molecule has 11 heavy (non-hydrogen) atoms. The van der Waals surface area contributed by atoms with Crippen LogP contribution in [0.2, 0.25) is 0 Å². The van der Waals surface area contributed by atoms with Crippen LogP contribution in [0.15, 0.2) is 0 Å². The van der Waals surface area contributed by atoms with E-state index in [9.17, 15) is 4.79 Å². The maximum atomic E-state index is 11.2. The van der Waals surface area contributed by atoms with Gasteiger partial charge in [0.2, 0.25) is 0 Å². The van der Waals surface area contributed by atoms with Gasteiger partial charge >= 0.3 is 0 Å². The van der Waals surface area contributed by atoms with Crippen LogP contribution in [0.25, 0.3) is 0 Å². The first-order chi connectivity index (χ1) is 5.11. The Kier molecular flexibility index (Phi) is 2.66. The Bertz CT molecular complexity index is 152. The first kappa shape index (κ1) is 8.72. The molecule has 0 amide bonds. The van der Waals surface area contributed by atoms with E-state index in [1.807, 2.05) is 13.8 Å². The van der Waals surface area contributed by atoms with Crippen LogP contribution in [0.4, 0.5) is 0 Å². The summed E-state index contributed by atoms with van der Waals surface area (Å²) in [5.41, 5.74) is 0. The van der Waals surface area contributed by atoms with Crippen LogP contribution in [-0.4, -0.2) is 18.5 Å². The summed E-state index contributed by atoms with van der Waals surface area (Å²) in [5, 5.41) is 0. The summed E-state index contributed by atoms with van der Waals surface area (Å²) in [5.74, 6) is 1.21. The summed E-state index contributed by atoms with van der Waals surface area (Å²) < 4.78 is 5.20. The summed E-state index contributed by atoms with van der Waals surface area (Å²) in [6.45, 7) is 6.32. The van der Waals surface area contributed by atoms with E-state index in [1.165, 1.54) is 0 Å². The molecule has 0 aromatic carbocycles. The maximum absolute atomic E-state index is 11.2. The topological polar surface area (TPSA) is 26.3 Å². The average Bonchev–Trinajstić information content (AvgIpc) is 2.61. The van der Waals surface area contributed by atoms with Gasteiger partial charge in [-0.1, -0.05) is 6.92 Å². The minimum absolute atomic E-state index is 0.174. The minimum atomic E-state index is 0.174. The molecule has 2 heteroatoms. The van der Waals surface area contributed by atoms with Crippen LogP contribution in [0.5, 0.6) is 0 Å². The number of carbonyl (C=O) groups excluding carboxylic acids is 1. The molecule has 1 saturated carbocycles.